The lowest BCUT2D eigenvalue weighted by Gasteiger charge is -2.21. The molecule has 106 valence electrons. The Balaban J connectivity index is 2.64. The first-order valence-corrected chi connectivity index (χ1v) is 6.73. The molecule has 0 fully saturated rings. The molecule has 0 radical (unpaired) electrons. The summed E-state index contributed by atoms with van der Waals surface area (Å²) >= 11 is 5.94. The van der Waals surface area contributed by atoms with E-state index in [0.29, 0.717) is 17.0 Å². The molecule has 1 aromatic rings. The topological polar surface area (TPSA) is 32.3 Å². The average Bonchev–Trinajstić information content (AvgIpc) is 2.34. The van der Waals surface area contributed by atoms with Crippen LogP contribution in [0.5, 0.6) is 0 Å². The number of nitrogens with one attached hydrogen (secondary N) is 1. The molecule has 1 atom stereocenters. The van der Waals surface area contributed by atoms with Crippen LogP contribution in [0.2, 0.25) is 5.02 Å². The first-order chi connectivity index (χ1) is 8.95. The van der Waals surface area contributed by atoms with Crippen molar-refractivity contribution in [3.63, 3.8) is 0 Å². The second-order valence-electron chi connectivity index (χ2n) is 4.61. The second kappa shape index (κ2) is 7.46. The lowest BCUT2D eigenvalue weighted by Crippen LogP contribution is -2.34. The smallest absolute Gasteiger partial charge is 0.224 e. The summed E-state index contributed by atoms with van der Waals surface area (Å²) < 4.78 is 13.6. The van der Waals surface area contributed by atoms with E-state index in [2.05, 4.69) is 5.32 Å². The molecule has 1 rings (SSSR count). The van der Waals surface area contributed by atoms with Crippen molar-refractivity contribution in [3.8, 4) is 0 Å². The van der Waals surface area contributed by atoms with Gasteiger partial charge in [-0.05, 0) is 25.6 Å². The third-order valence-electron chi connectivity index (χ3n) is 2.92. The van der Waals surface area contributed by atoms with Gasteiger partial charge in [-0.25, -0.2) is 4.39 Å². The highest BCUT2D eigenvalue weighted by Gasteiger charge is 2.16. The van der Waals surface area contributed by atoms with Crippen LogP contribution >= 0.6 is 11.6 Å². The highest BCUT2D eigenvalue weighted by atomic mass is 35.5. The monoisotopic (exact) mass is 286 g/mol. The molecule has 0 aliphatic heterocycles. The summed E-state index contributed by atoms with van der Waals surface area (Å²) in [6.45, 7) is 4.94. The minimum Gasteiger partial charge on any atom is -0.341 e. The molecule has 0 heterocycles. The highest BCUT2D eigenvalue weighted by Crippen LogP contribution is 2.20. The highest BCUT2D eigenvalue weighted by molar-refractivity contribution is 6.31. The van der Waals surface area contributed by atoms with E-state index in [1.165, 1.54) is 11.0 Å². The summed E-state index contributed by atoms with van der Waals surface area (Å²) in [5.41, 5.74) is 0.358. The molecule has 5 heteroatoms. The van der Waals surface area contributed by atoms with E-state index in [4.69, 9.17) is 11.6 Å². The van der Waals surface area contributed by atoms with Crippen LogP contribution in [-0.4, -0.2) is 30.4 Å². The van der Waals surface area contributed by atoms with Gasteiger partial charge in [0.15, 0.2) is 0 Å². The van der Waals surface area contributed by atoms with Crippen LogP contribution in [0, 0.1) is 5.82 Å². The van der Waals surface area contributed by atoms with E-state index < -0.39 is 0 Å². The molecule has 1 amide bonds. The molecule has 0 aromatic heterocycles. The van der Waals surface area contributed by atoms with Crippen LogP contribution in [0.25, 0.3) is 0 Å². The van der Waals surface area contributed by atoms with Gasteiger partial charge in [-0.1, -0.05) is 24.6 Å². The summed E-state index contributed by atoms with van der Waals surface area (Å²) in [6, 6.07) is 4.63. The van der Waals surface area contributed by atoms with E-state index in [-0.39, 0.29) is 24.3 Å². The van der Waals surface area contributed by atoms with Crippen molar-refractivity contribution >= 4 is 17.5 Å². The zero-order valence-electron chi connectivity index (χ0n) is 11.5. The van der Waals surface area contributed by atoms with Crippen LogP contribution in [0.15, 0.2) is 18.2 Å². The maximum atomic E-state index is 13.6. The summed E-state index contributed by atoms with van der Waals surface area (Å²) in [5, 5.41) is 3.52. The third-order valence-corrected chi connectivity index (χ3v) is 3.27. The van der Waals surface area contributed by atoms with Crippen LogP contribution in [0.3, 0.4) is 0 Å². The predicted molar refractivity (Wildman–Crippen MR) is 75.6 cm³/mol. The van der Waals surface area contributed by atoms with Gasteiger partial charge in [-0.3, -0.25) is 4.79 Å². The minimum absolute atomic E-state index is 0.0345. The van der Waals surface area contributed by atoms with Gasteiger partial charge in [0.1, 0.15) is 5.82 Å². The number of amides is 1. The van der Waals surface area contributed by atoms with Gasteiger partial charge in [-0.15, -0.1) is 0 Å². The number of hydrogen-bond acceptors (Lipinski definition) is 2. The summed E-state index contributed by atoms with van der Waals surface area (Å²) in [7, 11) is 1.66. The van der Waals surface area contributed by atoms with Gasteiger partial charge in [0.25, 0.3) is 0 Å². The van der Waals surface area contributed by atoms with Crippen molar-refractivity contribution in [2.24, 2.45) is 0 Å². The van der Waals surface area contributed by atoms with Crippen LogP contribution in [0.4, 0.5) is 4.39 Å². The number of carbonyl (C=O) groups is 1. The first kappa shape index (κ1) is 15.9. The Bertz CT molecular complexity index is 419. The number of carbonyl (C=O) groups excluding carboxylic acids is 1. The normalized spacial score (nSPS) is 12.3. The van der Waals surface area contributed by atoms with Crippen LogP contribution in [-0.2, 0) is 11.3 Å². The quantitative estimate of drug-likeness (QED) is 0.872. The molecule has 0 spiro atoms. The van der Waals surface area contributed by atoms with Crippen LogP contribution < -0.4 is 5.32 Å². The molecule has 19 heavy (non-hydrogen) atoms. The Morgan fingerprint density at radius 3 is 2.79 bits per heavy atom. The third kappa shape index (κ3) is 4.80. The molecular weight excluding hydrogens is 267 g/mol. The van der Waals surface area contributed by atoms with E-state index in [9.17, 15) is 9.18 Å². The van der Waals surface area contributed by atoms with Crippen molar-refractivity contribution in [2.45, 2.75) is 32.9 Å². The fraction of sp³-hybridized carbons (Fsp3) is 0.500. The number of halogens is 2. The van der Waals surface area contributed by atoms with Gasteiger partial charge in [-0.2, -0.15) is 0 Å². The Morgan fingerprint density at radius 1 is 1.53 bits per heavy atom. The van der Waals surface area contributed by atoms with Crippen molar-refractivity contribution in [2.75, 3.05) is 13.6 Å². The van der Waals surface area contributed by atoms with E-state index in [1.54, 1.807) is 19.2 Å². The zero-order chi connectivity index (χ0) is 14.4. The van der Waals surface area contributed by atoms with E-state index >= 15 is 0 Å². The number of rotatable bonds is 6. The van der Waals surface area contributed by atoms with E-state index in [1.807, 2.05) is 13.8 Å². The standard InChI is InChI=1S/C14H20ClFN2O/c1-4-17-10(2)8-14(19)18(3)9-11-12(15)6-5-7-13(11)16/h5-7,10,17H,4,8-9H2,1-3H3. The maximum Gasteiger partial charge on any atom is 0.224 e. The molecule has 3 nitrogen and oxygen atoms in total. The largest absolute Gasteiger partial charge is 0.341 e. The van der Waals surface area contributed by atoms with Crippen molar-refractivity contribution in [3.05, 3.63) is 34.6 Å². The first-order valence-electron chi connectivity index (χ1n) is 6.36. The van der Waals surface area contributed by atoms with Crippen molar-refractivity contribution < 1.29 is 9.18 Å². The van der Waals surface area contributed by atoms with Crippen LogP contribution in [0.1, 0.15) is 25.8 Å². The minimum atomic E-state index is -0.383. The fourth-order valence-corrected chi connectivity index (χ4v) is 2.07. The number of nitrogens with zero attached hydrogens (tertiary/aromatic N) is 1. The number of hydrogen-bond donors (Lipinski definition) is 1. The Hall–Kier alpha value is -1.13. The van der Waals surface area contributed by atoms with Crippen molar-refractivity contribution in [1.82, 2.24) is 10.2 Å². The number of benzene rings is 1. The van der Waals surface area contributed by atoms with E-state index in [0.717, 1.165) is 6.54 Å². The fourth-order valence-electron chi connectivity index (χ4n) is 1.85. The predicted octanol–water partition coefficient (Wildman–Crippen LogP) is 2.83. The average molecular weight is 287 g/mol. The molecule has 0 bridgehead atoms. The molecule has 1 unspecified atom stereocenters. The van der Waals surface area contributed by atoms with Gasteiger partial charge >= 0.3 is 0 Å². The Labute approximate surface area is 118 Å². The maximum absolute atomic E-state index is 13.6. The molecule has 0 aliphatic rings. The lowest BCUT2D eigenvalue weighted by atomic mass is 10.1. The molecule has 0 aliphatic carbocycles. The van der Waals surface area contributed by atoms with Crippen molar-refractivity contribution in [1.29, 1.82) is 0 Å². The van der Waals surface area contributed by atoms with Gasteiger partial charge in [0.2, 0.25) is 5.91 Å². The van der Waals surface area contributed by atoms with Gasteiger partial charge in [0, 0.05) is 36.6 Å². The summed E-state index contributed by atoms with van der Waals surface area (Å²) in [5.74, 6) is -0.417. The molecular formula is C14H20ClFN2O. The summed E-state index contributed by atoms with van der Waals surface area (Å²) in [4.78, 5) is 13.5. The SMILES string of the molecule is CCNC(C)CC(=O)N(C)Cc1c(F)cccc1Cl. The summed E-state index contributed by atoms with van der Waals surface area (Å²) in [6.07, 6.45) is 0.385. The molecule has 1 aromatic carbocycles. The zero-order valence-corrected chi connectivity index (χ0v) is 12.3. The van der Waals surface area contributed by atoms with Gasteiger partial charge < -0.3 is 10.2 Å². The Kier molecular flexibility index (Phi) is 6.25. The Morgan fingerprint density at radius 2 is 2.21 bits per heavy atom. The second-order valence-corrected chi connectivity index (χ2v) is 5.02. The molecule has 0 saturated heterocycles. The molecule has 0 saturated carbocycles. The lowest BCUT2D eigenvalue weighted by molar-refractivity contribution is -0.130. The molecule has 1 N–H and O–H groups in total. The van der Waals surface area contributed by atoms with Gasteiger partial charge in [0.05, 0.1) is 0 Å².